The second kappa shape index (κ2) is 6.02. The Balaban J connectivity index is 2.64. The van der Waals surface area contributed by atoms with Crippen LogP contribution in [-0.2, 0) is 4.74 Å². The maximum Gasteiger partial charge on any atom is 0.338 e. The topological polar surface area (TPSA) is 55.4 Å². The molecule has 0 bridgehead atoms. The van der Waals surface area contributed by atoms with Crippen molar-refractivity contribution in [2.24, 2.45) is 0 Å². The van der Waals surface area contributed by atoms with Crippen molar-refractivity contribution in [1.82, 2.24) is 5.32 Å². The van der Waals surface area contributed by atoms with Gasteiger partial charge in [-0.2, -0.15) is 0 Å². The van der Waals surface area contributed by atoms with Gasteiger partial charge in [0.05, 0.1) is 12.7 Å². The Kier molecular flexibility index (Phi) is 4.15. The average Bonchev–Trinajstić information content (AvgIpc) is 2.53. The molecule has 0 aliphatic rings. The number of hydrogen-bond acceptors (Lipinski definition) is 3. The summed E-state index contributed by atoms with van der Waals surface area (Å²) in [6.07, 6.45) is 0. The monoisotopic (exact) mass is 269 g/mol. The number of rotatable bonds is 3. The van der Waals surface area contributed by atoms with Gasteiger partial charge in [-0.25, -0.2) is 4.79 Å². The van der Waals surface area contributed by atoms with Gasteiger partial charge in [0.1, 0.15) is 0 Å². The lowest BCUT2D eigenvalue weighted by Crippen LogP contribution is -2.19. The van der Waals surface area contributed by atoms with E-state index in [1.807, 2.05) is 18.2 Å². The lowest BCUT2D eigenvalue weighted by Gasteiger charge is -2.11. The van der Waals surface area contributed by atoms with E-state index in [9.17, 15) is 9.59 Å². The summed E-state index contributed by atoms with van der Waals surface area (Å²) < 4.78 is 4.79. The summed E-state index contributed by atoms with van der Waals surface area (Å²) in [5.41, 5.74) is 2.34. The number of esters is 1. The molecule has 102 valence electrons. The van der Waals surface area contributed by atoms with Crippen LogP contribution in [0.2, 0.25) is 0 Å². The van der Waals surface area contributed by atoms with Crippen LogP contribution in [0.15, 0.2) is 48.5 Å². The number of ether oxygens (including phenoxy) is 1. The van der Waals surface area contributed by atoms with Gasteiger partial charge in [-0.15, -0.1) is 0 Å². The molecule has 20 heavy (non-hydrogen) atoms. The minimum Gasteiger partial charge on any atom is -0.465 e. The molecule has 0 heterocycles. The van der Waals surface area contributed by atoms with E-state index in [-0.39, 0.29) is 5.91 Å². The zero-order chi connectivity index (χ0) is 14.5. The van der Waals surface area contributed by atoms with Crippen LogP contribution in [0.3, 0.4) is 0 Å². The molecule has 0 atom stereocenters. The summed E-state index contributed by atoms with van der Waals surface area (Å²) in [5, 5.41) is 2.60. The Morgan fingerprint density at radius 2 is 1.40 bits per heavy atom. The zero-order valence-electron chi connectivity index (χ0n) is 11.3. The predicted molar refractivity (Wildman–Crippen MR) is 76.6 cm³/mol. The van der Waals surface area contributed by atoms with Crippen LogP contribution in [-0.4, -0.2) is 26.0 Å². The SMILES string of the molecule is CNC(=O)c1ccccc1-c1ccccc1C(=O)OC. The van der Waals surface area contributed by atoms with E-state index in [0.717, 1.165) is 0 Å². The largest absolute Gasteiger partial charge is 0.465 e. The van der Waals surface area contributed by atoms with Crippen molar-refractivity contribution in [3.63, 3.8) is 0 Å². The third kappa shape index (κ3) is 2.54. The fourth-order valence-corrected chi connectivity index (χ4v) is 2.06. The van der Waals surface area contributed by atoms with Crippen LogP contribution in [0.25, 0.3) is 11.1 Å². The molecular weight excluding hydrogens is 254 g/mol. The maximum atomic E-state index is 11.9. The van der Waals surface area contributed by atoms with Crippen molar-refractivity contribution in [2.75, 3.05) is 14.2 Å². The van der Waals surface area contributed by atoms with Crippen LogP contribution in [0.5, 0.6) is 0 Å². The first-order chi connectivity index (χ1) is 9.69. The van der Waals surface area contributed by atoms with E-state index in [4.69, 9.17) is 4.74 Å². The minimum absolute atomic E-state index is 0.194. The molecule has 0 unspecified atom stereocenters. The van der Waals surface area contributed by atoms with Gasteiger partial charge >= 0.3 is 5.97 Å². The highest BCUT2D eigenvalue weighted by atomic mass is 16.5. The third-order valence-electron chi connectivity index (χ3n) is 3.02. The number of carbonyl (C=O) groups is 2. The Hall–Kier alpha value is -2.62. The van der Waals surface area contributed by atoms with E-state index >= 15 is 0 Å². The van der Waals surface area contributed by atoms with E-state index in [1.165, 1.54) is 7.11 Å². The molecule has 0 radical (unpaired) electrons. The van der Waals surface area contributed by atoms with Crippen molar-refractivity contribution in [1.29, 1.82) is 0 Å². The van der Waals surface area contributed by atoms with E-state index in [1.54, 1.807) is 37.4 Å². The van der Waals surface area contributed by atoms with Crippen LogP contribution in [0, 0.1) is 0 Å². The molecule has 2 aromatic rings. The first-order valence-electron chi connectivity index (χ1n) is 6.18. The molecular formula is C16H15NO3. The van der Waals surface area contributed by atoms with Crippen LogP contribution in [0.4, 0.5) is 0 Å². The normalized spacial score (nSPS) is 9.90. The highest BCUT2D eigenvalue weighted by Gasteiger charge is 2.17. The molecule has 1 amide bonds. The Bertz CT molecular complexity index is 592. The first-order valence-corrected chi connectivity index (χ1v) is 6.18. The standard InChI is InChI=1S/C16H15NO3/c1-17-15(18)13-9-5-3-7-11(13)12-8-4-6-10-14(12)16(19)20-2/h3-10H,1-2H3,(H,17,18). The van der Waals surface area contributed by atoms with Crippen molar-refractivity contribution in [3.8, 4) is 11.1 Å². The number of methoxy groups -OCH3 is 1. The highest BCUT2D eigenvalue weighted by Crippen LogP contribution is 2.27. The number of amides is 1. The van der Waals surface area contributed by atoms with Crippen molar-refractivity contribution in [3.05, 3.63) is 59.7 Å². The van der Waals surface area contributed by atoms with Crippen molar-refractivity contribution < 1.29 is 14.3 Å². The summed E-state index contributed by atoms with van der Waals surface area (Å²) in [6.45, 7) is 0. The number of benzene rings is 2. The molecule has 0 spiro atoms. The summed E-state index contributed by atoms with van der Waals surface area (Å²) in [5.74, 6) is -0.618. The lowest BCUT2D eigenvalue weighted by atomic mass is 9.95. The molecule has 0 saturated carbocycles. The zero-order valence-corrected chi connectivity index (χ0v) is 11.3. The molecule has 2 rings (SSSR count). The second-order valence-corrected chi connectivity index (χ2v) is 4.16. The number of hydrogen-bond donors (Lipinski definition) is 1. The smallest absolute Gasteiger partial charge is 0.338 e. The first kappa shape index (κ1) is 13.8. The van der Waals surface area contributed by atoms with Crippen LogP contribution < -0.4 is 5.32 Å². The summed E-state index contributed by atoms with van der Waals surface area (Å²) in [7, 11) is 2.91. The average molecular weight is 269 g/mol. The van der Waals surface area contributed by atoms with Gasteiger partial charge in [0.25, 0.3) is 5.91 Å². The summed E-state index contributed by atoms with van der Waals surface area (Å²) in [4.78, 5) is 23.8. The molecule has 0 aliphatic carbocycles. The molecule has 2 aromatic carbocycles. The number of carbonyl (C=O) groups excluding carboxylic acids is 2. The quantitative estimate of drug-likeness (QED) is 0.871. The fourth-order valence-electron chi connectivity index (χ4n) is 2.06. The van der Waals surface area contributed by atoms with Crippen molar-refractivity contribution >= 4 is 11.9 Å². The summed E-state index contributed by atoms with van der Waals surface area (Å²) >= 11 is 0. The number of nitrogens with one attached hydrogen (secondary N) is 1. The van der Waals surface area contributed by atoms with Gasteiger partial charge in [0.15, 0.2) is 0 Å². The molecule has 4 nitrogen and oxygen atoms in total. The van der Waals surface area contributed by atoms with Gasteiger partial charge in [-0.1, -0.05) is 36.4 Å². The lowest BCUT2D eigenvalue weighted by molar-refractivity contribution is 0.0601. The van der Waals surface area contributed by atoms with Crippen LogP contribution >= 0.6 is 0 Å². The molecule has 0 saturated heterocycles. The third-order valence-corrected chi connectivity index (χ3v) is 3.02. The van der Waals surface area contributed by atoms with Gasteiger partial charge in [-0.05, 0) is 23.3 Å². The van der Waals surface area contributed by atoms with Crippen LogP contribution in [0.1, 0.15) is 20.7 Å². The van der Waals surface area contributed by atoms with E-state index in [0.29, 0.717) is 22.3 Å². The van der Waals surface area contributed by atoms with Gasteiger partial charge in [-0.3, -0.25) is 4.79 Å². The highest BCUT2D eigenvalue weighted by molar-refractivity contribution is 6.04. The predicted octanol–water partition coefficient (Wildman–Crippen LogP) is 2.50. The summed E-state index contributed by atoms with van der Waals surface area (Å²) in [6, 6.07) is 14.2. The second-order valence-electron chi connectivity index (χ2n) is 4.16. The molecule has 1 N–H and O–H groups in total. The van der Waals surface area contributed by atoms with Gasteiger partial charge < -0.3 is 10.1 Å². The van der Waals surface area contributed by atoms with E-state index < -0.39 is 5.97 Å². The molecule has 0 fully saturated rings. The maximum absolute atomic E-state index is 11.9. The van der Waals surface area contributed by atoms with Gasteiger partial charge in [0, 0.05) is 12.6 Å². The Morgan fingerprint density at radius 3 is 1.95 bits per heavy atom. The minimum atomic E-state index is -0.424. The fraction of sp³-hybridized carbons (Fsp3) is 0.125. The Morgan fingerprint density at radius 1 is 0.900 bits per heavy atom. The molecule has 4 heteroatoms. The molecule has 0 aromatic heterocycles. The van der Waals surface area contributed by atoms with Crippen molar-refractivity contribution in [2.45, 2.75) is 0 Å². The van der Waals surface area contributed by atoms with Gasteiger partial charge in [0.2, 0.25) is 0 Å². The Labute approximate surface area is 117 Å². The molecule has 0 aliphatic heterocycles. The van der Waals surface area contributed by atoms with E-state index in [2.05, 4.69) is 5.32 Å².